The van der Waals surface area contributed by atoms with E-state index in [0.29, 0.717) is 6.04 Å². The van der Waals surface area contributed by atoms with Crippen LogP contribution < -0.4 is 5.32 Å². The Bertz CT molecular complexity index is 457. The molecule has 0 saturated heterocycles. The zero-order valence-electron chi connectivity index (χ0n) is 11.3. The number of hydrogen-bond donors (Lipinski definition) is 1. The second kappa shape index (κ2) is 5.87. The van der Waals surface area contributed by atoms with Crippen molar-refractivity contribution in [3.05, 3.63) is 42.4 Å². The van der Waals surface area contributed by atoms with Crippen LogP contribution in [0.5, 0.6) is 0 Å². The maximum absolute atomic E-state index is 5.55. The van der Waals surface area contributed by atoms with Crippen LogP contribution >= 0.6 is 0 Å². The summed E-state index contributed by atoms with van der Waals surface area (Å²) in [6, 6.07) is 4.40. The van der Waals surface area contributed by atoms with Crippen LogP contribution in [0.4, 0.5) is 0 Å². The predicted octanol–water partition coefficient (Wildman–Crippen LogP) is 2.88. The van der Waals surface area contributed by atoms with Gasteiger partial charge in [-0.3, -0.25) is 5.32 Å². The van der Waals surface area contributed by atoms with E-state index in [2.05, 4.69) is 24.1 Å². The van der Waals surface area contributed by atoms with Crippen molar-refractivity contribution in [1.82, 2.24) is 14.9 Å². The topological polar surface area (TPSA) is 43.0 Å². The minimum atomic E-state index is 0.0184. The standard InChI is InChI=1S/C14H21N3O/c1-4-11(5-2)16-13(12-7-6-10-18-12)14-15-8-9-17(14)3/h6-11,13,16H,4-5H2,1-3H3. The fraction of sp³-hybridized carbons (Fsp3) is 0.500. The minimum absolute atomic E-state index is 0.0184. The Balaban J connectivity index is 2.27. The largest absolute Gasteiger partial charge is 0.467 e. The highest BCUT2D eigenvalue weighted by Crippen LogP contribution is 2.22. The van der Waals surface area contributed by atoms with Gasteiger partial charge >= 0.3 is 0 Å². The Hall–Kier alpha value is -1.55. The van der Waals surface area contributed by atoms with Gasteiger partial charge in [0.1, 0.15) is 17.6 Å². The zero-order valence-corrected chi connectivity index (χ0v) is 11.3. The number of nitrogens with one attached hydrogen (secondary N) is 1. The van der Waals surface area contributed by atoms with Crippen LogP contribution in [0, 0.1) is 0 Å². The van der Waals surface area contributed by atoms with Crippen LogP contribution in [0.1, 0.15) is 44.3 Å². The molecule has 4 nitrogen and oxygen atoms in total. The monoisotopic (exact) mass is 247 g/mol. The van der Waals surface area contributed by atoms with Crippen LogP contribution in [-0.2, 0) is 7.05 Å². The van der Waals surface area contributed by atoms with Crippen LogP contribution in [0.3, 0.4) is 0 Å². The summed E-state index contributed by atoms with van der Waals surface area (Å²) in [5, 5.41) is 3.62. The summed E-state index contributed by atoms with van der Waals surface area (Å²) in [4.78, 5) is 4.43. The summed E-state index contributed by atoms with van der Waals surface area (Å²) in [6.45, 7) is 4.39. The highest BCUT2D eigenvalue weighted by atomic mass is 16.3. The average molecular weight is 247 g/mol. The normalized spacial score (nSPS) is 13.1. The van der Waals surface area contributed by atoms with Gasteiger partial charge in [-0.2, -0.15) is 0 Å². The smallest absolute Gasteiger partial charge is 0.133 e. The predicted molar refractivity (Wildman–Crippen MR) is 71.3 cm³/mol. The molecule has 0 amide bonds. The summed E-state index contributed by atoms with van der Waals surface area (Å²) in [5.74, 6) is 1.90. The van der Waals surface area contributed by atoms with Gasteiger partial charge in [0.25, 0.3) is 0 Å². The molecule has 0 fully saturated rings. The molecule has 2 rings (SSSR count). The van der Waals surface area contributed by atoms with Gasteiger partial charge in [-0.05, 0) is 25.0 Å². The molecule has 0 saturated carbocycles. The van der Waals surface area contributed by atoms with Crippen LogP contribution in [-0.4, -0.2) is 15.6 Å². The fourth-order valence-electron chi connectivity index (χ4n) is 2.15. The molecule has 2 heterocycles. The van der Waals surface area contributed by atoms with Crippen molar-refractivity contribution in [2.75, 3.05) is 0 Å². The first kappa shape index (κ1) is 12.9. The molecular weight excluding hydrogens is 226 g/mol. The van der Waals surface area contributed by atoms with Crippen molar-refractivity contribution in [1.29, 1.82) is 0 Å². The summed E-state index contributed by atoms with van der Waals surface area (Å²) in [7, 11) is 2.01. The number of imidazole rings is 1. The number of hydrogen-bond acceptors (Lipinski definition) is 3. The Kier molecular flexibility index (Phi) is 4.20. The molecule has 0 spiro atoms. The molecular formula is C14H21N3O. The molecule has 1 atom stereocenters. The molecule has 0 aliphatic rings. The summed E-state index contributed by atoms with van der Waals surface area (Å²) >= 11 is 0. The van der Waals surface area contributed by atoms with E-state index in [1.807, 2.05) is 36.1 Å². The Morgan fingerprint density at radius 2 is 2.17 bits per heavy atom. The molecule has 2 aromatic heterocycles. The van der Waals surface area contributed by atoms with E-state index in [4.69, 9.17) is 4.42 Å². The van der Waals surface area contributed by atoms with E-state index in [0.717, 1.165) is 24.4 Å². The van der Waals surface area contributed by atoms with Crippen molar-refractivity contribution in [2.24, 2.45) is 7.05 Å². The first-order valence-corrected chi connectivity index (χ1v) is 6.52. The molecule has 0 aliphatic carbocycles. The SMILES string of the molecule is CCC(CC)NC(c1ccco1)c1nccn1C. The van der Waals surface area contributed by atoms with Gasteiger partial charge in [-0.1, -0.05) is 13.8 Å². The maximum Gasteiger partial charge on any atom is 0.133 e. The van der Waals surface area contributed by atoms with E-state index >= 15 is 0 Å². The lowest BCUT2D eigenvalue weighted by atomic mass is 10.1. The number of furan rings is 1. The number of nitrogens with zero attached hydrogens (tertiary/aromatic N) is 2. The van der Waals surface area contributed by atoms with Gasteiger partial charge in [-0.15, -0.1) is 0 Å². The van der Waals surface area contributed by atoms with Gasteiger partial charge in [0.05, 0.1) is 6.26 Å². The van der Waals surface area contributed by atoms with Crippen molar-refractivity contribution in [3.8, 4) is 0 Å². The van der Waals surface area contributed by atoms with Gasteiger partial charge in [-0.25, -0.2) is 4.98 Å². The lowest BCUT2D eigenvalue weighted by Gasteiger charge is -2.22. The lowest BCUT2D eigenvalue weighted by molar-refractivity contribution is 0.377. The Labute approximate surface area is 108 Å². The molecule has 0 radical (unpaired) electrons. The first-order valence-electron chi connectivity index (χ1n) is 6.52. The molecule has 18 heavy (non-hydrogen) atoms. The van der Waals surface area contributed by atoms with Gasteiger partial charge in [0, 0.05) is 25.5 Å². The van der Waals surface area contributed by atoms with Crippen molar-refractivity contribution in [3.63, 3.8) is 0 Å². The van der Waals surface area contributed by atoms with Crippen LogP contribution in [0.2, 0.25) is 0 Å². The summed E-state index contributed by atoms with van der Waals surface area (Å²) in [5.41, 5.74) is 0. The Morgan fingerprint density at radius 3 is 2.67 bits per heavy atom. The second-order valence-electron chi connectivity index (χ2n) is 4.52. The molecule has 1 N–H and O–H groups in total. The van der Waals surface area contributed by atoms with Crippen LogP contribution in [0.15, 0.2) is 35.2 Å². The van der Waals surface area contributed by atoms with E-state index in [-0.39, 0.29) is 6.04 Å². The maximum atomic E-state index is 5.55. The third-order valence-corrected chi connectivity index (χ3v) is 3.33. The zero-order chi connectivity index (χ0) is 13.0. The van der Waals surface area contributed by atoms with Crippen molar-refractivity contribution < 1.29 is 4.42 Å². The Morgan fingerprint density at radius 1 is 1.39 bits per heavy atom. The lowest BCUT2D eigenvalue weighted by Crippen LogP contribution is -2.33. The van der Waals surface area contributed by atoms with Gasteiger partial charge in [0.15, 0.2) is 0 Å². The van der Waals surface area contributed by atoms with E-state index in [1.165, 1.54) is 0 Å². The first-order chi connectivity index (χ1) is 8.76. The van der Waals surface area contributed by atoms with Gasteiger partial charge < -0.3 is 8.98 Å². The number of aryl methyl sites for hydroxylation is 1. The molecule has 98 valence electrons. The average Bonchev–Trinajstić information content (AvgIpc) is 3.03. The second-order valence-corrected chi connectivity index (χ2v) is 4.52. The van der Waals surface area contributed by atoms with Crippen molar-refractivity contribution >= 4 is 0 Å². The number of aromatic nitrogens is 2. The number of rotatable bonds is 6. The highest BCUT2D eigenvalue weighted by molar-refractivity contribution is 5.16. The summed E-state index contributed by atoms with van der Waals surface area (Å²) in [6.07, 6.45) is 7.68. The third-order valence-electron chi connectivity index (χ3n) is 3.33. The molecule has 1 unspecified atom stereocenters. The van der Waals surface area contributed by atoms with E-state index in [1.54, 1.807) is 6.26 Å². The quantitative estimate of drug-likeness (QED) is 0.853. The third kappa shape index (κ3) is 2.64. The molecule has 0 aliphatic heterocycles. The van der Waals surface area contributed by atoms with Crippen molar-refractivity contribution in [2.45, 2.75) is 38.8 Å². The summed E-state index contributed by atoms with van der Waals surface area (Å²) < 4.78 is 7.58. The fourth-order valence-corrected chi connectivity index (χ4v) is 2.15. The molecule has 0 bridgehead atoms. The molecule has 0 aromatic carbocycles. The van der Waals surface area contributed by atoms with Crippen LogP contribution in [0.25, 0.3) is 0 Å². The minimum Gasteiger partial charge on any atom is -0.467 e. The highest BCUT2D eigenvalue weighted by Gasteiger charge is 2.22. The van der Waals surface area contributed by atoms with E-state index < -0.39 is 0 Å². The molecule has 4 heteroatoms. The van der Waals surface area contributed by atoms with E-state index in [9.17, 15) is 0 Å². The van der Waals surface area contributed by atoms with Gasteiger partial charge in [0.2, 0.25) is 0 Å². The molecule has 2 aromatic rings.